The van der Waals surface area contributed by atoms with Crippen LogP contribution < -0.4 is 5.32 Å². The Morgan fingerprint density at radius 3 is 3.24 bits per heavy atom. The van der Waals surface area contributed by atoms with Crippen molar-refractivity contribution in [3.63, 3.8) is 0 Å². The van der Waals surface area contributed by atoms with E-state index in [2.05, 4.69) is 49.9 Å². The molecule has 0 aromatic carbocycles. The average Bonchev–Trinajstić information content (AvgIpc) is 3.24. The smallest absolute Gasteiger partial charge is 0.272 e. The minimum Gasteiger partial charge on any atom is -0.347 e. The summed E-state index contributed by atoms with van der Waals surface area (Å²) in [5, 5.41) is 12.7. The number of rotatable bonds is 4. The molecule has 1 saturated heterocycles. The fraction of sp³-hybridized carbons (Fsp3) is 0.556. The van der Waals surface area contributed by atoms with Crippen LogP contribution in [0.25, 0.3) is 0 Å². The van der Waals surface area contributed by atoms with Crippen molar-refractivity contribution in [2.75, 3.05) is 26.7 Å². The summed E-state index contributed by atoms with van der Waals surface area (Å²) in [4.78, 5) is 18.8. The molecular formula is C18H25N5OS. The largest absolute Gasteiger partial charge is 0.347 e. The van der Waals surface area contributed by atoms with E-state index in [4.69, 9.17) is 0 Å². The number of nitrogens with one attached hydrogen (secondary N) is 2. The number of H-pyrrole nitrogens is 1. The van der Waals surface area contributed by atoms with Gasteiger partial charge in [-0.3, -0.25) is 14.8 Å². The predicted octanol–water partition coefficient (Wildman–Crippen LogP) is 1.85. The number of carbonyl (C=O) groups is 1. The molecule has 2 N–H and O–H groups in total. The van der Waals surface area contributed by atoms with E-state index in [-0.39, 0.29) is 11.9 Å². The third kappa shape index (κ3) is 3.78. The van der Waals surface area contributed by atoms with Crippen LogP contribution in [-0.2, 0) is 19.5 Å². The maximum absolute atomic E-state index is 12.7. The maximum Gasteiger partial charge on any atom is 0.272 e. The molecule has 25 heavy (non-hydrogen) atoms. The van der Waals surface area contributed by atoms with Crippen LogP contribution in [0.2, 0.25) is 0 Å². The molecule has 1 atom stereocenters. The lowest BCUT2D eigenvalue weighted by atomic mass is 10.0. The van der Waals surface area contributed by atoms with Gasteiger partial charge in [0.1, 0.15) is 0 Å². The van der Waals surface area contributed by atoms with Crippen LogP contribution in [0.4, 0.5) is 0 Å². The van der Waals surface area contributed by atoms with Crippen molar-refractivity contribution >= 4 is 17.2 Å². The first-order valence-corrected chi connectivity index (χ1v) is 9.87. The molecule has 0 spiro atoms. The summed E-state index contributed by atoms with van der Waals surface area (Å²) in [5.41, 5.74) is 2.76. The normalized spacial score (nSPS) is 21.9. The molecule has 0 radical (unpaired) electrons. The first-order chi connectivity index (χ1) is 12.2. The predicted molar refractivity (Wildman–Crippen MR) is 98.7 cm³/mol. The number of aromatic nitrogens is 2. The molecule has 0 bridgehead atoms. The van der Waals surface area contributed by atoms with Crippen LogP contribution in [0, 0.1) is 0 Å². The molecule has 2 aromatic heterocycles. The van der Waals surface area contributed by atoms with Crippen LogP contribution in [0.1, 0.15) is 39.5 Å². The van der Waals surface area contributed by atoms with E-state index in [1.165, 1.54) is 4.88 Å². The Bertz CT molecular complexity index is 726. The second kappa shape index (κ2) is 7.27. The van der Waals surface area contributed by atoms with Crippen molar-refractivity contribution in [3.05, 3.63) is 39.3 Å². The number of thiophene rings is 1. The minimum absolute atomic E-state index is 0.0317. The summed E-state index contributed by atoms with van der Waals surface area (Å²) in [7, 11) is 2.08. The number of hydrogen-bond donors (Lipinski definition) is 2. The summed E-state index contributed by atoms with van der Waals surface area (Å²) >= 11 is 1.80. The van der Waals surface area contributed by atoms with E-state index in [1.54, 1.807) is 11.3 Å². The second-order valence-corrected chi connectivity index (χ2v) is 8.18. The number of carbonyl (C=O) groups excluding carboxylic acids is 1. The van der Waals surface area contributed by atoms with Gasteiger partial charge in [0, 0.05) is 54.8 Å². The van der Waals surface area contributed by atoms with E-state index < -0.39 is 0 Å². The van der Waals surface area contributed by atoms with Gasteiger partial charge >= 0.3 is 0 Å². The first-order valence-electron chi connectivity index (χ1n) is 8.99. The molecule has 0 saturated carbocycles. The molecule has 0 unspecified atom stereocenters. The molecule has 4 rings (SSSR count). The topological polar surface area (TPSA) is 64.3 Å². The van der Waals surface area contributed by atoms with Crippen LogP contribution >= 0.6 is 11.3 Å². The highest BCUT2D eigenvalue weighted by molar-refractivity contribution is 7.09. The minimum atomic E-state index is -0.0317. The Kier molecular flexibility index (Phi) is 4.87. The summed E-state index contributed by atoms with van der Waals surface area (Å²) in [6.45, 7) is 4.80. The molecule has 4 heterocycles. The maximum atomic E-state index is 12.7. The van der Waals surface area contributed by atoms with Gasteiger partial charge in [-0.1, -0.05) is 6.07 Å². The Morgan fingerprint density at radius 2 is 2.40 bits per heavy atom. The highest BCUT2D eigenvalue weighted by Gasteiger charge is 2.27. The average molecular weight is 359 g/mol. The molecule has 1 fully saturated rings. The zero-order chi connectivity index (χ0) is 17.2. The lowest BCUT2D eigenvalue weighted by molar-refractivity contribution is 0.0894. The molecule has 2 aliphatic heterocycles. The summed E-state index contributed by atoms with van der Waals surface area (Å²) < 4.78 is 0. The van der Waals surface area contributed by atoms with E-state index in [0.717, 1.165) is 63.2 Å². The molecule has 1 amide bonds. The fourth-order valence-electron chi connectivity index (χ4n) is 3.81. The van der Waals surface area contributed by atoms with Crippen molar-refractivity contribution in [3.8, 4) is 0 Å². The number of piperidine rings is 1. The summed E-state index contributed by atoms with van der Waals surface area (Å²) in [6, 6.07) is 4.48. The van der Waals surface area contributed by atoms with Crippen LogP contribution in [-0.4, -0.2) is 58.6 Å². The van der Waals surface area contributed by atoms with Crippen molar-refractivity contribution in [2.24, 2.45) is 0 Å². The van der Waals surface area contributed by atoms with E-state index in [0.29, 0.717) is 5.69 Å². The number of nitrogens with zero attached hydrogens (tertiary/aromatic N) is 3. The second-order valence-electron chi connectivity index (χ2n) is 7.14. The van der Waals surface area contributed by atoms with E-state index in [1.807, 2.05) is 0 Å². The van der Waals surface area contributed by atoms with Gasteiger partial charge in [-0.15, -0.1) is 11.3 Å². The van der Waals surface area contributed by atoms with Gasteiger partial charge in [0.25, 0.3) is 5.91 Å². The third-order valence-electron chi connectivity index (χ3n) is 5.14. The van der Waals surface area contributed by atoms with Gasteiger partial charge in [0.2, 0.25) is 0 Å². The van der Waals surface area contributed by atoms with E-state index in [9.17, 15) is 4.79 Å². The van der Waals surface area contributed by atoms with E-state index >= 15 is 0 Å². The highest BCUT2D eigenvalue weighted by atomic mass is 32.1. The fourth-order valence-corrected chi connectivity index (χ4v) is 4.56. The molecule has 2 aliphatic rings. The first kappa shape index (κ1) is 16.8. The number of likely N-dealkylation sites (tertiary alicyclic amines) is 1. The molecule has 7 heteroatoms. The zero-order valence-corrected chi connectivity index (χ0v) is 15.4. The van der Waals surface area contributed by atoms with Crippen LogP contribution in [0.5, 0.6) is 0 Å². The summed E-state index contributed by atoms with van der Waals surface area (Å²) in [5.74, 6) is -0.0317. The number of aromatic amines is 1. The molecule has 2 aromatic rings. The van der Waals surface area contributed by atoms with Gasteiger partial charge in [-0.05, 0) is 37.9 Å². The Morgan fingerprint density at radius 1 is 1.48 bits per heavy atom. The van der Waals surface area contributed by atoms with Gasteiger partial charge < -0.3 is 10.2 Å². The molecule has 6 nitrogen and oxygen atoms in total. The number of likely N-dealkylation sites (N-methyl/N-ethyl adjacent to an activating group) is 1. The lowest BCUT2D eigenvalue weighted by Gasteiger charge is -2.32. The third-order valence-corrected chi connectivity index (χ3v) is 6.00. The number of hydrogen-bond acceptors (Lipinski definition) is 5. The summed E-state index contributed by atoms with van der Waals surface area (Å²) in [6.07, 6.45) is 3.10. The van der Waals surface area contributed by atoms with Crippen molar-refractivity contribution in [1.82, 2.24) is 25.3 Å². The van der Waals surface area contributed by atoms with Crippen molar-refractivity contribution < 1.29 is 4.79 Å². The number of fused-ring (bicyclic) bond motifs is 1. The highest BCUT2D eigenvalue weighted by Crippen LogP contribution is 2.20. The zero-order valence-electron chi connectivity index (χ0n) is 14.6. The monoisotopic (exact) mass is 359 g/mol. The Labute approximate surface area is 152 Å². The lowest BCUT2D eigenvalue weighted by Crippen LogP contribution is -2.47. The SMILES string of the molecule is CN1CCc2[nH]nc(C(=O)N[C@@H]3CCCN(Cc4cccs4)C3)c2C1. The van der Waals surface area contributed by atoms with Crippen LogP contribution in [0.3, 0.4) is 0 Å². The van der Waals surface area contributed by atoms with Crippen molar-refractivity contribution in [2.45, 2.75) is 38.4 Å². The quantitative estimate of drug-likeness (QED) is 0.875. The van der Waals surface area contributed by atoms with Gasteiger partial charge in [0.05, 0.1) is 0 Å². The Hall–Kier alpha value is -1.70. The standard InChI is InChI=1S/C18H25N5OS/c1-22-8-6-16-15(12-22)17(21-20-16)18(24)19-13-4-2-7-23(10-13)11-14-5-3-9-25-14/h3,5,9,13H,2,4,6-8,10-12H2,1H3,(H,19,24)(H,20,21)/t13-/m1/s1. The van der Waals surface area contributed by atoms with Gasteiger partial charge in [-0.2, -0.15) is 5.10 Å². The van der Waals surface area contributed by atoms with Crippen LogP contribution in [0.15, 0.2) is 17.5 Å². The molecular weight excluding hydrogens is 334 g/mol. The molecule has 134 valence electrons. The number of amides is 1. The van der Waals surface area contributed by atoms with Crippen molar-refractivity contribution in [1.29, 1.82) is 0 Å². The Balaban J connectivity index is 1.38. The molecule has 0 aliphatic carbocycles. The van der Waals surface area contributed by atoms with Gasteiger partial charge in [0.15, 0.2) is 5.69 Å². The van der Waals surface area contributed by atoms with Gasteiger partial charge in [-0.25, -0.2) is 0 Å².